The molecule has 0 radical (unpaired) electrons. The molecule has 0 aliphatic carbocycles. The highest BCUT2D eigenvalue weighted by atomic mass is 32.2. The summed E-state index contributed by atoms with van der Waals surface area (Å²) >= 11 is 2.13. The maximum atomic E-state index is 11.9. The Morgan fingerprint density at radius 2 is 2.11 bits per heavy atom. The standard InChI is InChI=1S/C11H8N2O3S3/c1-19(15,16)11-7-6(9(17-11)10(12)14)3-2-5-4-13-18-8(5)7/h2-4H,1H3,(H2,12,14). The average molecular weight is 312 g/mol. The number of benzene rings is 1. The predicted octanol–water partition coefficient (Wildman–Crippen LogP) is 2.01. The molecule has 0 aliphatic rings. The Bertz CT molecular complexity index is 921. The number of carbonyl (C=O) groups excluding carboxylic acids is 1. The zero-order valence-electron chi connectivity index (χ0n) is 9.71. The second-order valence-corrected chi connectivity index (χ2v) is 8.12. The molecule has 0 unspecified atom stereocenters. The molecule has 1 aromatic carbocycles. The topological polar surface area (TPSA) is 90.1 Å². The van der Waals surface area contributed by atoms with Crippen molar-refractivity contribution < 1.29 is 13.2 Å². The van der Waals surface area contributed by atoms with Gasteiger partial charge in [0.05, 0.1) is 4.70 Å². The van der Waals surface area contributed by atoms with E-state index >= 15 is 0 Å². The van der Waals surface area contributed by atoms with E-state index in [9.17, 15) is 13.2 Å². The van der Waals surface area contributed by atoms with Crippen molar-refractivity contribution in [1.29, 1.82) is 0 Å². The minimum Gasteiger partial charge on any atom is -0.365 e. The Morgan fingerprint density at radius 1 is 1.37 bits per heavy atom. The first-order valence-electron chi connectivity index (χ1n) is 5.19. The number of sulfone groups is 1. The number of carbonyl (C=O) groups is 1. The summed E-state index contributed by atoms with van der Waals surface area (Å²) in [5.74, 6) is -0.617. The van der Waals surface area contributed by atoms with Crippen LogP contribution in [0.4, 0.5) is 0 Å². The van der Waals surface area contributed by atoms with Gasteiger partial charge >= 0.3 is 0 Å². The van der Waals surface area contributed by atoms with Crippen LogP contribution in [0.5, 0.6) is 0 Å². The van der Waals surface area contributed by atoms with E-state index in [1.165, 1.54) is 11.5 Å². The summed E-state index contributed by atoms with van der Waals surface area (Å²) in [6.45, 7) is 0. The summed E-state index contributed by atoms with van der Waals surface area (Å²) < 4.78 is 28.8. The van der Waals surface area contributed by atoms with E-state index in [1.54, 1.807) is 12.3 Å². The first-order valence-corrected chi connectivity index (χ1v) is 8.67. The minimum atomic E-state index is -3.42. The van der Waals surface area contributed by atoms with Gasteiger partial charge in [-0.3, -0.25) is 4.79 Å². The largest absolute Gasteiger partial charge is 0.365 e. The quantitative estimate of drug-likeness (QED) is 0.783. The fourth-order valence-corrected chi connectivity index (χ4v) is 5.22. The lowest BCUT2D eigenvalue weighted by Gasteiger charge is -1.97. The second kappa shape index (κ2) is 3.99. The van der Waals surface area contributed by atoms with Crippen molar-refractivity contribution in [3.8, 4) is 0 Å². The van der Waals surface area contributed by atoms with E-state index in [0.717, 1.165) is 27.7 Å². The number of rotatable bonds is 2. The predicted molar refractivity (Wildman–Crippen MR) is 76.6 cm³/mol. The first kappa shape index (κ1) is 12.5. The van der Waals surface area contributed by atoms with Crippen molar-refractivity contribution in [2.24, 2.45) is 5.73 Å². The van der Waals surface area contributed by atoms with Crippen molar-refractivity contribution in [3.05, 3.63) is 23.2 Å². The van der Waals surface area contributed by atoms with E-state index in [2.05, 4.69) is 4.37 Å². The lowest BCUT2D eigenvalue weighted by molar-refractivity contribution is 0.101. The van der Waals surface area contributed by atoms with Gasteiger partial charge in [0.25, 0.3) is 5.91 Å². The lowest BCUT2D eigenvalue weighted by atomic mass is 10.1. The molecular formula is C11H8N2O3S3. The minimum absolute atomic E-state index is 0.172. The Balaban J connectivity index is 2.62. The van der Waals surface area contributed by atoms with Crippen LogP contribution in [-0.4, -0.2) is 25.0 Å². The maximum Gasteiger partial charge on any atom is 0.259 e. The van der Waals surface area contributed by atoms with Crippen molar-refractivity contribution in [2.75, 3.05) is 6.26 Å². The fourth-order valence-electron chi connectivity index (χ4n) is 1.97. The SMILES string of the molecule is CS(=O)(=O)c1sc(C(N)=O)c2ccc3cnsc3c12. The second-order valence-electron chi connectivity index (χ2n) is 4.09. The molecule has 8 heteroatoms. The van der Waals surface area contributed by atoms with E-state index < -0.39 is 15.7 Å². The number of hydrogen-bond acceptors (Lipinski definition) is 6. The van der Waals surface area contributed by atoms with Gasteiger partial charge in [-0.05, 0) is 11.5 Å². The van der Waals surface area contributed by atoms with Crippen LogP contribution >= 0.6 is 22.9 Å². The molecule has 1 amide bonds. The van der Waals surface area contributed by atoms with Crippen LogP contribution < -0.4 is 5.73 Å². The van der Waals surface area contributed by atoms with Crippen LogP contribution in [0.2, 0.25) is 0 Å². The normalized spacial score (nSPS) is 12.3. The van der Waals surface area contributed by atoms with Crippen molar-refractivity contribution in [3.63, 3.8) is 0 Å². The summed E-state index contributed by atoms with van der Waals surface area (Å²) in [6, 6.07) is 3.53. The van der Waals surface area contributed by atoms with Crippen LogP contribution in [0.3, 0.4) is 0 Å². The third-order valence-corrected chi connectivity index (χ3v) is 6.61. The third-order valence-electron chi connectivity index (χ3n) is 2.73. The number of thiophene rings is 1. The van der Waals surface area contributed by atoms with Gasteiger partial charge in [0.15, 0.2) is 9.84 Å². The van der Waals surface area contributed by atoms with Gasteiger partial charge in [0, 0.05) is 28.6 Å². The Morgan fingerprint density at radius 3 is 2.74 bits per heavy atom. The highest BCUT2D eigenvalue weighted by molar-refractivity contribution is 7.93. The molecule has 19 heavy (non-hydrogen) atoms. The number of primary amides is 1. The number of fused-ring (bicyclic) bond motifs is 3. The molecule has 2 N–H and O–H groups in total. The smallest absolute Gasteiger partial charge is 0.259 e. The van der Waals surface area contributed by atoms with Crippen LogP contribution in [-0.2, 0) is 9.84 Å². The molecule has 0 saturated carbocycles. The van der Waals surface area contributed by atoms with Gasteiger partial charge in [-0.25, -0.2) is 8.42 Å². The van der Waals surface area contributed by atoms with Crippen molar-refractivity contribution in [2.45, 2.75) is 4.21 Å². The molecule has 0 bridgehead atoms. The van der Waals surface area contributed by atoms with Crippen molar-refractivity contribution in [1.82, 2.24) is 4.37 Å². The number of hydrogen-bond donors (Lipinski definition) is 1. The first-order chi connectivity index (χ1) is 8.89. The highest BCUT2D eigenvalue weighted by Gasteiger charge is 2.23. The van der Waals surface area contributed by atoms with Gasteiger partial charge in [0.2, 0.25) is 0 Å². The zero-order chi connectivity index (χ0) is 13.8. The van der Waals surface area contributed by atoms with Gasteiger partial charge in [-0.1, -0.05) is 12.1 Å². The molecular weight excluding hydrogens is 304 g/mol. The van der Waals surface area contributed by atoms with Gasteiger partial charge in [0.1, 0.15) is 9.09 Å². The monoisotopic (exact) mass is 312 g/mol. The summed E-state index contributed by atoms with van der Waals surface area (Å²) in [4.78, 5) is 11.7. The molecule has 0 spiro atoms. The summed E-state index contributed by atoms with van der Waals surface area (Å²) in [7, 11) is -3.42. The van der Waals surface area contributed by atoms with E-state index in [0.29, 0.717) is 10.8 Å². The molecule has 0 aliphatic heterocycles. The molecule has 3 rings (SSSR count). The number of nitrogens with zero attached hydrogens (tertiary/aromatic N) is 1. The Hall–Kier alpha value is -1.51. The Labute approximate surface area is 116 Å². The molecule has 3 aromatic rings. The van der Waals surface area contributed by atoms with E-state index in [-0.39, 0.29) is 9.09 Å². The Kier molecular flexibility index (Phi) is 2.63. The zero-order valence-corrected chi connectivity index (χ0v) is 12.2. The molecule has 2 aromatic heterocycles. The van der Waals surface area contributed by atoms with Gasteiger partial charge in [-0.2, -0.15) is 4.37 Å². The maximum absolute atomic E-state index is 11.9. The van der Waals surface area contributed by atoms with Crippen molar-refractivity contribution >= 4 is 59.5 Å². The van der Waals surface area contributed by atoms with Crippen LogP contribution in [0.1, 0.15) is 9.67 Å². The summed E-state index contributed by atoms with van der Waals surface area (Å²) in [6.07, 6.45) is 2.80. The third kappa shape index (κ3) is 1.83. The summed E-state index contributed by atoms with van der Waals surface area (Å²) in [5.41, 5.74) is 5.32. The van der Waals surface area contributed by atoms with Gasteiger partial charge in [-0.15, -0.1) is 11.3 Å². The summed E-state index contributed by atoms with van der Waals surface area (Å²) in [5, 5.41) is 1.99. The van der Waals surface area contributed by atoms with Crippen LogP contribution in [0.25, 0.3) is 20.9 Å². The molecule has 2 heterocycles. The molecule has 98 valence electrons. The molecule has 0 fully saturated rings. The number of amides is 1. The number of nitrogens with two attached hydrogens (primary N) is 1. The van der Waals surface area contributed by atoms with Crippen LogP contribution in [0, 0.1) is 0 Å². The molecule has 5 nitrogen and oxygen atoms in total. The van der Waals surface area contributed by atoms with Gasteiger partial charge < -0.3 is 5.73 Å². The highest BCUT2D eigenvalue weighted by Crippen LogP contribution is 2.40. The van der Waals surface area contributed by atoms with E-state index in [1.807, 2.05) is 6.07 Å². The number of aromatic nitrogens is 1. The van der Waals surface area contributed by atoms with E-state index in [4.69, 9.17) is 5.73 Å². The molecule has 0 saturated heterocycles. The average Bonchev–Trinajstić information content (AvgIpc) is 2.90. The van der Waals surface area contributed by atoms with Crippen LogP contribution in [0.15, 0.2) is 22.5 Å². The fraction of sp³-hybridized carbons (Fsp3) is 0.0909. The molecule has 0 atom stereocenters. The lowest BCUT2D eigenvalue weighted by Crippen LogP contribution is -2.08.